The first-order chi connectivity index (χ1) is 18.2. The molecule has 3 aromatic heterocycles. The number of anilines is 2. The van der Waals surface area contributed by atoms with Crippen LogP contribution >= 0.6 is 55.4 Å². The second-order valence-corrected chi connectivity index (χ2v) is 12.9. The molecule has 0 unspecified atom stereocenters. The van der Waals surface area contributed by atoms with E-state index in [9.17, 15) is 0 Å². The number of aromatic nitrogens is 7. The average molecular weight is 687 g/mol. The van der Waals surface area contributed by atoms with E-state index in [1.54, 1.807) is 0 Å². The first-order valence-corrected chi connectivity index (χ1v) is 15.4. The van der Waals surface area contributed by atoms with Crippen molar-refractivity contribution in [3.8, 4) is 0 Å². The van der Waals surface area contributed by atoms with Crippen molar-refractivity contribution in [3.05, 3.63) is 20.3 Å². The summed E-state index contributed by atoms with van der Waals surface area (Å²) < 4.78 is 3.13. The molecule has 2 aliphatic heterocycles. The predicted octanol–water partition coefficient (Wildman–Crippen LogP) is 2.52. The summed E-state index contributed by atoms with van der Waals surface area (Å²) in [7, 11) is 4.26. The number of halogens is 2. The summed E-state index contributed by atoms with van der Waals surface area (Å²) in [5, 5.41) is 11.3. The third-order valence-electron chi connectivity index (χ3n) is 6.53. The highest BCUT2D eigenvalue weighted by Gasteiger charge is 2.24. The predicted molar refractivity (Wildman–Crippen MR) is 157 cm³/mol. The van der Waals surface area contributed by atoms with Crippen LogP contribution in [-0.2, 0) is 0 Å². The third-order valence-corrected chi connectivity index (χ3v) is 10.9. The SMILES string of the molecule is Cc1nc(N2CCN(C)CC2)nc(Sc2nnc(Sc3nc(N4CCN(C)CC4)nc(C)c3Br)n2N)c1Br. The minimum Gasteiger partial charge on any atom is -0.338 e. The first kappa shape index (κ1) is 27.8. The van der Waals surface area contributed by atoms with E-state index in [2.05, 4.69) is 75.8 Å². The molecule has 3 aromatic rings. The number of likely N-dealkylation sites (N-methyl/N-ethyl adjacent to an activating group) is 2. The van der Waals surface area contributed by atoms with Crippen LogP contribution in [0.1, 0.15) is 11.4 Å². The van der Waals surface area contributed by atoms with Gasteiger partial charge in [0.2, 0.25) is 22.2 Å². The van der Waals surface area contributed by atoms with E-state index >= 15 is 0 Å². The number of nitrogens with two attached hydrogens (primary N) is 1. The number of nitrogen functional groups attached to an aromatic ring is 1. The lowest BCUT2D eigenvalue weighted by atomic mass is 10.3. The van der Waals surface area contributed by atoms with Crippen LogP contribution in [-0.4, -0.2) is 111 Å². The van der Waals surface area contributed by atoms with Crippen molar-refractivity contribution in [3.63, 3.8) is 0 Å². The van der Waals surface area contributed by atoms with Crippen molar-refractivity contribution < 1.29 is 0 Å². The van der Waals surface area contributed by atoms with E-state index in [0.717, 1.165) is 94.6 Å². The van der Waals surface area contributed by atoms with Crippen LogP contribution < -0.4 is 15.6 Å². The van der Waals surface area contributed by atoms with Crippen molar-refractivity contribution in [2.75, 3.05) is 82.1 Å². The summed E-state index contributed by atoms with van der Waals surface area (Å²) in [6, 6.07) is 0. The number of aryl methyl sites for hydroxylation is 2. The normalized spacial score (nSPS) is 17.4. The van der Waals surface area contributed by atoms with Crippen molar-refractivity contribution in [2.45, 2.75) is 34.2 Å². The first-order valence-electron chi connectivity index (χ1n) is 12.2. The molecule has 0 bridgehead atoms. The maximum atomic E-state index is 6.47. The molecule has 0 atom stereocenters. The monoisotopic (exact) mass is 684 g/mol. The topological polar surface area (TPSA) is 121 Å². The van der Waals surface area contributed by atoms with Gasteiger partial charge in [0, 0.05) is 52.4 Å². The highest BCUT2D eigenvalue weighted by atomic mass is 79.9. The zero-order valence-electron chi connectivity index (χ0n) is 21.7. The Morgan fingerprint density at radius 3 is 1.37 bits per heavy atom. The molecule has 0 amide bonds. The molecule has 0 aromatic carbocycles. The number of hydrogen-bond acceptors (Lipinski definition) is 13. The van der Waals surface area contributed by atoms with E-state index < -0.39 is 0 Å². The molecule has 2 fully saturated rings. The highest BCUT2D eigenvalue weighted by molar-refractivity contribution is 9.10. The van der Waals surface area contributed by atoms with Gasteiger partial charge in [-0.1, -0.05) is 0 Å². The molecular weight excluding hydrogens is 656 g/mol. The number of piperazine rings is 2. The van der Waals surface area contributed by atoms with Gasteiger partial charge in [-0.15, -0.1) is 10.2 Å². The molecule has 38 heavy (non-hydrogen) atoms. The summed E-state index contributed by atoms with van der Waals surface area (Å²) in [5.41, 5.74) is 1.73. The van der Waals surface area contributed by atoms with Crippen molar-refractivity contribution in [1.29, 1.82) is 0 Å². The van der Waals surface area contributed by atoms with Crippen molar-refractivity contribution in [1.82, 2.24) is 44.6 Å². The molecule has 0 aliphatic carbocycles. The Bertz CT molecular complexity index is 1210. The fraction of sp³-hybridized carbons (Fsp3) is 0.545. The van der Waals surface area contributed by atoms with E-state index in [-0.39, 0.29) is 0 Å². The third kappa shape index (κ3) is 6.04. The molecule has 0 radical (unpaired) electrons. The van der Waals surface area contributed by atoms with Gasteiger partial charge < -0.3 is 25.4 Å². The second kappa shape index (κ2) is 11.8. The number of nitrogens with zero attached hydrogens (tertiary/aromatic N) is 11. The smallest absolute Gasteiger partial charge is 0.226 e. The van der Waals surface area contributed by atoms with Crippen LogP contribution in [0, 0.1) is 13.8 Å². The molecule has 12 nitrogen and oxygen atoms in total. The molecule has 2 aliphatic rings. The standard InChI is InChI=1S/C22H30Br2N12S2/c1-13-15(23)17(28-19(26-13)34-9-5-32(3)6-10-34)37-21-30-31-22(36(21)25)38-18-16(24)14(2)27-20(29-18)35-11-7-33(4)8-12-35/h5-12,25H2,1-4H3. The Morgan fingerprint density at radius 1 is 0.632 bits per heavy atom. The molecule has 204 valence electrons. The van der Waals surface area contributed by atoms with Gasteiger partial charge in [-0.05, 0) is 83.3 Å². The van der Waals surface area contributed by atoms with Crippen molar-refractivity contribution in [2.24, 2.45) is 0 Å². The Balaban J connectivity index is 1.36. The van der Waals surface area contributed by atoms with Crippen LogP contribution in [0.25, 0.3) is 0 Å². The molecule has 0 saturated carbocycles. The molecule has 2 saturated heterocycles. The molecule has 2 N–H and O–H groups in total. The van der Waals surface area contributed by atoms with Crippen LogP contribution in [0.15, 0.2) is 29.3 Å². The molecular formula is C22H30Br2N12S2. The van der Waals surface area contributed by atoms with Crippen LogP contribution in [0.2, 0.25) is 0 Å². The van der Waals surface area contributed by atoms with Gasteiger partial charge in [-0.3, -0.25) is 0 Å². The van der Waals surface area contributed by atoms with Gasteiger partial charge in [-0.25, -0.2) is 24.6 Å². The molecule has 0 spiro atoms. The maximum Gasteiger partial charge on any atom is 0.226 e. The second-order valence-electron chi connectivity index (χ2n) is 9.38. The van der Waals surface area contributed by atoms with E-state index in [1.165, 1.54) is 28.2 Å². The van der Waals surface area contributed by atoms with Gasteiger partial charge >= 0.3 is 0 Å². The van der Waals surface area contributed by atoms with Gasteiger partial charge in [0.25, 0.3) is 0 Å². The van der Waals surface area contributed by atoms with E-state index in [4.69, 9.17) is 25.8 Å². The number of hydrogen-bond donors (Lipinski definition) is 1. The summed E-state index contributed by atoms with van der Waals surface area (Å²) >= 11 is 10.0. The fourth-order valence-corrected chi connectivity index (χ4v) is 6.55. The highest BCUT2D eigenvalue weighted by Crippen LogP contribution is 2.37. The zero-order valence-corrected chi connectivity index (χ0v) is 26.5. The lowest BCUT2D eigenvalue weighted by Gasteiger charge is -2.32. The zero-order chi connectivity index (χ0) is 27.0. The van der Waals surface area contributed by atoms with Gasteiger partial charge in [0.15, 0.2) is 0 Å². The maximum absolute atomic E-state index is 6.47. The molecule has 5 rings (SSSR count). The van der Waals surface area contributed by atoms with Crippen LogP contribution in [0.5, 0.6) is 0 Å². The largest absolute Gasteiger partial charge is 0.338 e. The minimum atomic E-state index is 0.525. The lowest BCUT2D eigenvalue weighted by Crippen LogP contribution is -2.45. The summed E-state index contributed by atoms with van der Waals surface area (Å²) in [6.07, 6.45) is 0. The quantitative estimate of drug-likeness (QED) is 0.303. The fourth-order valence-electron chi connectivity index (χ4n) is 4.04. The van der Waals surface area contributed by atoms with Crippen molar-refractivity contribution >= 4 is 67.3 Å². The van der Waals surface area contributed by atoms with Crippen LogP contribution in [0.4, 0.5) is 11.9 Å². The molecule has 16 heteroatoms. The van der Waals surface area contributed by atoms with Gasteiger partial charge in [0.1, 0.15) is 10.1 Å². The summed E-state index contributed by atoms with van der Waals surface area (Å²) in [4.78, 5) is 28.1. The minimum absolute atomic E-state index is 0.525. The van der Waals surface area contributed by atoms with Gasteiger partial charge in [-0.2, -0.15) is 0 Å². The molecule has 5 heterocycles. The average Bonchev–Trinajstić information content (AvgIpc) is 3.24. The number of rotatable bonds is 6. The Hall–Kier alpha value is -1.72. The summed E-state index contributed by atoms with van der Waals surface area (Å²) in [6.45, 7) is 11.4. The summed E-state index contributed by atoms with van der Waals surface area (Å²) in [5.74, 6) is 7.90. The van der Waals surface area contributed by atoms with E-state index in [0.29, 0.717) is 10.3 Å². The van der Waals surface area contributed by atoms with Crippen LogP contribution in [0.3, 0.4) is 0 Å². The van der Waals surface area contributed by atoms with Gasteiger partial charge in [0.05, 0.1) is 20.3 Å². The Kier molecular flexibility index (Phi) is 8.64. The Morgan fingerprint density at radius 2 is 1.00 bits per heavy atom. The lowest BCUT2D eigenvalue weighted by molar-refractivity contribution is 0.311. The van der Waals surface area contributed by atoms with E-state index in [1.807, 2.05) is 13.8 Å². The Labute approximate surface area is 247 Å².